The van der Waals surface area contributed by atoms with Crippen LogP contribution < -0.4 is 5.32 Å². The molecule has 16 heavy (non-hydrogen) atoms. The highest BCUT2D eigenvalue weighted by atomic mass is 16.2. The Morgan fingerprint density at radius 1 is 1.44 bits per heavy atom. The first-order chi connectivity index (χ1) is 7.50. The lowest BCUT2D eigenvalue weighted by Crippen LogP contribution is -2.47. The molecule has 2 amide bonds. The number of carbonyl (C=O) groups excluding carboxylic acids is 2. The molecule has 1 atom stereocenters. The smallest absolute Gasteiger partial charge is 0.311 e. The zero-order valence-electron chi connectivity index (χ0n) is 10.5. The summed E-state index contributed by atoms with van der Waals surface area (Å²) in [5, 5.41) is 2.66. The SMILES string of the molecule is CC(C)CNC(=O)C(=O)N1CCCC(C)C1. The van der Waals surface area contributed by atoms with Crippen molar-refractivity contribution < 1.29 is 9.59 Å². The topological polar surface area (TPSA) is 49.4 Å². The number of carbonyl (C=O) groups is 2. The second kappa shape index (κ2) is 5.87. The molecule has 1 heterocycles. The molecule has 0 saturated carbocycles. The number of hydrogen-bond acceptors (Lipinski definition) is 2. The van der Waals surface area contributed by atoms with Gasteiger partial charge >= 0.3 is 11.8 Å². The second-order valence-corrected chi connectivity index (χ2v) is 5.10. The number of likely N-dealkylation sites (tertiary alicyclic amines) is 1. The zero-order chi connectivity index (χ0) is 12.1. The highest BCUT2D eigenvalue weighted by Crippen LogP contribution is 2.15. The van der Waals surface area contributed by atoms with Gasteiger partial charge in [0.25, 0.3) is 0 Å². The standard InChI is InChI=1S/C12H22N2O2/c1-9(2)7-13-11(15)12(16)14-6-4-5-10(3)8-14/h9-10H,4-8H2,1-3H3,(H,13,15). The Hall–Kier alpha value is -1.06. The number of piperidine rings is 1. The van der Waals surface area contributed by atoms with Gasteiger partial charge < -0.3 is 10.2 Å². The molecule has 1 saturated heterocycles. The van der Waals surface area contributed by atoms with E-state index in [1.54, 1.807) is 4.90 Å². The van der Waals surface area contributed by atoms with Crippen LogP contribution >= 0.6 is 0 Å². The molecule has 1 fully saturated rings. The molecule has 4 heteroatoms. The summed E-state index contributed by atoms with van der Waals surface area (Å²) in [4.78, 5) is 25.0. The largest absolute Gasteiger partial charge is 0.348 e. The van der Waals surface area contributed by atoms with Crippen LogP contribution in [0.3, 0.4) is 0 Å². The van der Waals surface area contributed by atoms with Gasteiger partial charge in [0.1, 0.15) is 0 Å². The van der Waals surface area contributed by atoms with Gasteiger partial charge in [-0.15, -0.1) is 0 Å². The Labute approximate surface area is 97.4 Å². The maximum Gasteiger partial charge on any atom is 0.311 e. The van der Waals surface area contributed by atoms with E-state index < -0.39 is 5.91 Å². The third kappa shape index (κ3) is 3.83. The monoisotopic (exact) mass is 226 g/mol. The van der Waals surface area contributed by atoms with Crippen molar-refractivity contribution in [2.24, 2.45) is 11.8 Å². The Kier molecular flexibility index (Phi) is 4.77. The zero-order valence-corrected chi connectivity index (χ0v) is 10.5. The van der Waals surface area contributed by atoms with Crippen molar-refractivity contribution in [1.82, 2.24) is 10.2 Å². The molecule has 0 aliphatic carbocycles. The average molecular weight is 226 g/mol. The van der Waals surface area contributed by atoms with Crippen LogP contribution in [0, 0.1) is 11.8 Å². The minimum Gasteiger partial charge on any atom is -0.348 e. The van der Waals surface area contributed by atoms with Crippen molar-refractivity contribution in [2.75, 3.05) is 19.6 Å². The van der Waals surface area contributed by atoms with Crippen molar-refractivity contribution in [3.63, 3.8) is 0 Å². The van der Waals surface area contributed by atoms with Gasteiger partial charge in [-0.05, 0) is 24.7 Å². The molecule has 1 aliphatic rings. The van der Waals surface area contributed by atoms with Crippen molar-refractivity contribution in [3.05, 3.63) is 0 Å². The van der Waals surface area contributed by atoms with Crippen LogP contribution in [0.5, 0.6) is 0 Å². The Morgan fingerprint density at radius 2 is 2.12 bits per heavy atom. The van der Waals surface area contributed by atoms with Crippen LogP contribution in [-0.2, 0) is 9.59 Å². The fraction of sp³-hybridized carbons (Fsp3) is 0.833. The van der Waals surface area contributed by atoms with Gasteiger partial charge in [0, 0.05) is 19.6 Å². The Balaban J connectivity index is 2.40. The normalized spacial score (nSPS) is 21.0. The molecular formula is C12H22N2O2. The highest BCUT2D eigenvalue weighted by Gasteiger charge is 2.25. The number of amides is 2. The Bertz CT molecular complexity index is 264. The lowest BCUT2D eigenvalue weighted by atomic mass is 10.0. The summed E-state index contributed by atoms with van der Waals surface area (Å²) in [5.41, 5.74) is 0. The third-order valence-corrected chi connectivity index (χ3v) is 2.81. The Morgan fingerprint density at radius 3 is 2.69 bits per heavy atom. The summed E-state index contributed by atoms with van der Waals surface area (Å²) in [6, 6.07) is 0. The molecular weight excluding hydrogens is 204 g/mol. The summed E-state index contributed by atoms with van der Waals surface area (Å²) >= 11 is 0. The van der Waals surface area contributed by atoms with E-state index in [2.05, 4.69) is 12.2 Å². The molecule has 0 aromatic heterocycles. The van der Waals surface area contributed by atoms with Crippen molar-refractivity contribution in [2.45, 2.75) is 33.6 Å². The summed E-state index contributed by atoms with van der Waals surface area (Å²) in [6.45, 7) is 8.13. The first-order valence-electron chi connectivity index (χ1n) is 6.07. The van der Waals surface area contributed by atoms with Gasteiger partial charge in [-0.3, -0.25) is 9.59 Å². The fourth-order valence-corrected chi connectivity index (χ4v) is 1.89. The highest BCUT2D eigenvalue weighted by molar-refractivity contribution is 6.35. The summed E-state index contributed by atoms with van der Waals surface area (Å²) in [5.74, 6) is 0.0580. The molecule has 0 bridgehead atoms. The van der Waals surface area contributed by atoms with Crippen LogP contribution in [0.15, 0.2) is 0 Å². The van der Waals surface area contributed by atoms with E-state index in [4.69, 9.17) is 0 Å². The van der Waals surface area contributed by atoms with E-state index in [1.165, 1.54) is 0 Å². The van der Waals surface area contributed by atoms with Crippen molar-refractivity contribution in [1.29, 1.82) is 0 Å². The molecule has 0 radical (unpaired) electrons. The maximum atomic E-state index is 11.8. The van der Waals surface area contributed by atoms with Gasteiger partial charge in [-0.1, -0.05) is 20.8 Å². The molecule has 0 spiro atoms. The lowest BCUT2D eigenvalue weighted by molar-refractivity contribution is -0.147. The van der Waals surface area contributed by atoms with E-state index >= 15 is 0 Å². The molecule has 1 rings (SSSR count). The summed E-state index contributed by atoms with van der Waals surface area (Å²) < 4.78 is 0. The molecule has 4 nitrogen and oxygen atoms in total. The van der Waals surface area contributed by atoms with E-state index in [-0.39, 0.29) is 5.91 Å². The molecule has 0 aromatic carbocycles. The number of rotatable bonds is 2. The quantitative estimate of drug-likeness (QED) is 0.715. The second-order valence-electron chi connectivity index (χ2n) is 5.10. The van der Waals surface area contributed by atoms with Gasteiger partial charge in [-0.2, -0.15) is 0 Å². The van der Waals surface area contributed by atoms with Crippen LogP contribution in [0.2, 0.25) is 0 Å². The van der Waals surface area contributed by atoms with Gasteiger partial charge in [0.2, 0.25) is 0 Å². The minimum absolute atomic E-state index is 0.368. The number of hydrogen-bond donors (Lipinski definition) is 1. The van der Waals surface area contributed by atoms with Crippen LogP contribution in [0.4, 0.5) is 0 Å². The third-order valence-electron chi connectivity index (χ3n) is 2.81. The van der Waals surface area contributed by atoms with Gasteiger partial charge in [0.15, 0.2) is 0 Å². The number of nitrogens with zero attached hydrogens (tertiary/aromatic N) is 1. The molecule has 1 unspecified atom stereocenters. The van der Waals surface area contributed by atoms with E-state index in [0.717, 1.165) is 19.4 Å². The molecule has 92 valence electrons. The summed E-state index contributed by atoms with van der Waals surface area (Å²) in [6.07, 6.45) is 2.15. The molecule has 1 aliphatic heterocycles. The van der Waals surface area contributed by atoms with Gasteiger partial charge in [-0.25, -0.2) is 0 Å². The summed E-state index contributed by atoms with van der Waals surface area (Å²) in [7, 11) is 0. The van der Waals surface area contributed by atoms with Crippen molar-refractivity contribution in [3.8, 4) is 0 Å². The van der Waals surface area contributed by atoms with Gasteiger partial charge in [0.05, 0.1) is 0 Å². The van der Waals surface area contributed by atoms with Crippen LogP contribution in [0.25, 0.3) is 0 Å². The van der Waals surface area contributed by atoms with E-state index in [9.17, 15) is 9.59 Å². The first kappa shape index (κ1) is 13.0. The minimum atomic E-state index is -0.456. The van der Waals surface area contributed by atoms with E-state index in [0.29, 0.717) is 24.9 Å². The fourth-order valence-electron chi connectivity index (χ4n) is 1.89. The van der Waals surface area contributed by atoms with Crippen LogP contribution in [0.1, 0.15) is 33.6 Å². The lowest BCUT2D eigenvalue weighted by Gasteiger charge is -2.30. The number of nitrogens with one attached hydrogen (secondary N) is 1. The average Bonchev–Trinajstić information content (AvgIpc) is 2.24. The predicted molar refractivity (Wildman–Crippen MR) is 62.8 cm³/mol. The predicted octanol–water partition coefficient (Wildman–Crippen LogP) is 1.02. The van der Waals surface area contributed by atoms with Crippen molar-refractivity contribution >= 4 is 11.8 Å². The van der Waals surface area contributed by atoms with Crippen LogP contribution in [-0.4, -0.2) is 36.3 Å². The molecule has 1 N–H and O–H groups in total. The molecule has 0 aromatic rings. The maximum absolute atomic E-state index is 11.8. The first-order valence-corrected chi connectivity index (χ1v) is 6.07. The van der Waals surface area contributed by atoms with E-state index in [1.807, 2.05) is 13.8 Å².